The molecular weight excluding hydrogens is 223 g/mol. The van der Waals surface area contributed by atoms with Gasteiger partial charge >= 0.3 is 0 Å². The van der Waals surface area contributed by atoms with E-state index in [0.29, 0.717) is 0 Å². The van der Waals surface area contributed by atoms with E-state index in [9.17, 15) is 14.5 Å². The topological polar surface area (TPSA) is 55.2 Å². The van der Waals surface area contributed by atoms with Crippen LogP contribution in [0.1, 0.15) is 33.1 Å². The molecule has 0 saturated heterocycles. The van der Waals surface area contributed by atoms with Crippen LogP contribution in [-0.2, 0) is 0 Å². The predicted molar refractivity (Wildman–Crippen MR) is 65.7 cm³/mol. The average Bonchev–Trinajstić information content (AvgIpc) is 2.30. The maximum absolute atomic E-state index is 13.6. The van der Waals surface area contributed by atoms with Crippen molar-refractivity contribution in [3.63, 3.8) is 0 Å². The molecule has 0 amide bonds. The zero-order chi connectivity index (χ0) is 12.8. The minimum Gasteiger partial charge on any atom is -0.374 e. The second kappa shape index (κ2) is 6.18. The van der Waals surface area contributed by atoms with E-state index < -0.39 is 10.7 Å². The van der Waals surface area contributed by atoms with Crippen molar-refractivity contribution in [3.05, 3.63) is 34.1 Å². The van der Waals surface area contributed by atoms with E-state index >= 15 is 0 Å². The van der Waals surface area contributed by atoms with Gasteiger partial charge in [0.2, 0.25) is 0 Å². The van der Waals surface area contributed by atoms with Crippen LogP contribution in [-0.4, -0.2) is 11.0 Å². The molecule has 0 aromatic heterocycles. The summed E-state index contributed by atoms with van der Waals surface area (Å²) in [6, 6.07) is 3.95. The normalized spacial score (nSPS) is 12.2. The van der Waals surface area contributed by atoms with Gasteiger partial charge in [-0.25, -0.2) is 4.39 Å². The molecule has 0 aliphatic rings. The number of nitrogens with zero attached hydrogens (tertiary/aromatic N) is 1. The third-order valence-corrected chi connectivity index (χ3v) is 2.67. The fourth-order valence-electron chi connectivity index (χ4n) is 1.74. The van der Waals surface area contributed by atoms with Crippen LogP contribution in [0, 0.1) is 15.9 Å². The lowest BCUT2D eigenvalue weighted by atomic mass is 10.1. The monoisotopic (exact) mass is 240 g/mol. The van der Waals surface area contributed by atoms with Gasteiger partial charge in [0, 0.05) is 12.1 Å². The van der Waals surface area contributed by atoms with Crippen molar-refractivity contribution in [2.24, 2.45) is 0 Å². The second-order valence-electron chi connectivity index (χ2n) is 3.93. The predicted octanol–water partition coefficient (Wildman–Crippen LogP) is 3.72. The molecule has 1 aromatic carbocycles. The first-order valence-corrected chi connectivity index (χ1v) is 5.79. The first kappa shape index (κ1) is 13.4. The highest BCUT2D eigenvalue weighted by Gasteiger charge is 2.19. The summed E-state index contributed by atoms with van der Waals surface area (Å²) in [6.07, 6.45) is 2.62. The lowest BCUT2D eigenvalue weighted by molar-refractivity contribution is -0.384. The Hall–Kier alpha value is -1.65. The summed E-state index contributed by atoms with van der Waals surface area (Å²) in [5.74, 6) is -0.575. The number of nitro groups is 1. The molecule has 1 aromatic rings. The van der Waals surface area contributed by atoms with Crippen molar-refractivity contribution in [2.75, 3.05) is 5.32 Å². The molecule has 0 bridgehead atoms. The Morgan fingerprint density at radius 1 is 1.47 bits per heavy atom. The molecule has 0 heterocycles. The Morgan fingerprint density at radius 3 is 2.71 bits per heavy atom. The van der Waals surface area contributed by atoms with Gasteiger partial charge in [0.05, 0.1) is 4.92 Å². The third-order valence-electron chi connectivity index (χ3n) is 2.67. The van der Waals surface area contributed by atoms with E-state index in [4.69, 9.17) is 0 Å². The highest BCUT2D eigenvalue weighted by molar-refractivity contribution is 5.62. The molecule has 4 nitrogen and oxygen atoms in total. The molecule has 5 heteroatoms. The van der Waals surface area contributed by atoms with Gasteiger partial charge in [0.1, 0.15) is 5.69 Å². The van der Waals surface area contributed by atoms with Crippen molar-refractivity contribution in [1.29, 1.82) is 0 Å². The Kier molecular flexibility index (Phi) is 4.87. The maximum atomic E-state index is 13.6. The van der Waals surface area contributed by atoms with E-state index in [0.717, 1.165) is 19.3 Å². The van der Waals surface area contributed by atoms with Gasteiger partial charge in [-0.3, -0.25) is 10.1 Å². The zero-order valence-electron chi connectivity index (χ0n) is 10.1. The van der Waals surface area contributed by atoms with Gasteiger partial charge in [-0.05, 0) is 18.9 Å². The fraction of sp³-hybridized carbons (Fsp3) is 0.500. The molecule has 0 aliphatic carbocycles. The highest BCUT2D eigenvalue weighted by Crippen LogP contribution is 2.28. The first-order valence-electron chi connectivity index (χ1n) is 5.79. The van der Waals surface area contributed by atoms with Crippen molar-refractivity contribution in [1.82, 2.24) is 0 Å². The quantitative estimate of drug-likeness (QED) is 0.609. The summed E-state index contributed by atoms with van der Waals surface area (Å²) in [6.45, 7) is 4.00. The van der Waals surface area contributed by atoms with Crippen LogP contribution in [0.25, 0.3) is 0 Å². The molecule has 17 heavy (non-hydrogen) atoms. The van der Waals surface area contributed by atoms with Crippen molar-refractivity contribution in [2.45, 2.75) is 39.2 Å². The number of para-hydroxylation sites is 1. The molecule has 1 N–H and O–H groups in total. The summed E-state index contributed by atoms with van der Waals surface area (Å²) < 4.78 is 13.6. The van der Waals surface area contributed by atoms with Gasteiger partial charge in [-0.1, -0.05) is 26.3 Å². The van der Waals surface area contributed by atoms with Crippen LogP contribution in [0.4, 0.5) is 15.8 Å². The van der Waals surface area contributed by atoms with Crippen LogP contribution < -0.4 is 5.32 Å². The SMILES string of the molecule is CCCC(CC)Nc1c(F)cccc1[N+](=O)[O-]. The summed E-state index contributed by atoms with van der Waals surface area (Å²) in [4.78, 5) is 10.2. The molecule has 94 valence electrons. The lowest BCUT2D eigenvalue weighted by Gasteiger charge is -2.17. The van der Waals surface area contributed by atoms with E-state index in [-0.39, 0.29) is 17.4 Å². The van der Waals surface area contributed by atoms with Crippen LogP contribution >= 0.6 is 0 Å². The second-order valence-corrected chi connectivity index (χ2v) is 3.93. The Labute approximate surface area is 100.0 Å². The Balaban J connectivity index is 2.99. The number of halogens is 1. The lowest BCUT2D eigenvalue weighted by Crippen LogP contribution is -2.19. The molecule has 1 atom stereocenters. The smallest absolute Gasteiger partial charge is 0.295 e. The minimum absolute atomic E-state index is 0.00204. The summed E-state index contributed by atoms with van der Waals surface area (Å²) in [5, 5.41) is 13.7. The largest absolute Gasteiger partial charge is 0.374 e. The summed E-state index contributed by atoms with van der Waals surface area (Å²) >= 11 is 0. The maximum Gasteiger partial charge on any atom is 0.295 e. The molecule has 1 unspecified atom stereocenters. The van der Waals surface area contributed by atoms with E-state index in [2.05, 4.69) is 5.32 Å². The molecule has 1 rings (SSSR count). The van der Waals surface area contributed by atoms with Gasteiger partial charge in [0.25, 0.3) is 5.69 Å². The van der Waals surface area contributed by atoms with Gasteiger partial charge in [0.15, 0.2) is 5.82 Å². The molecule has 0 radical (unpaired) electrons. The fourth-order valence-corrected chi connectivity index (χ4v) is 1.74. The number of benzene rings is 1. The third kappa shape index (κ3) is 3.41. The minimum atomic E-state index is -0.575. The van der Waals surface area contributed by atoms with Crippen molar-refractivity contribution < 1.29 is 9.31 Å². The van der Waals surface area contributed by atoms with Gasteiger partial charge in [-0.15, -0.1) is 0 Å². The Bertz CT molecular complexity index is 396. The molecule has 0 aliphatic heterocycles. The van der Waals surface area contributed by atoms with Crippen LogP contribution in [0.15, 0.2) is 18.2 Å². The van der Waals surface area contributed by atoms with Crippen LogP contribution in [0.5, 0.6) is 0 Å². The standard InChI is InChI=1S/C12H17FN2O2/c1-3-6-9(4-2)14-12-10(13)7-5-8-11(12)15(16)17/h5,7-9,14H,3-4,6H2,1-2H3. The van der Waals surface area contributed by atoms with Gasteiger partial charge < -0.3 is 5.32 Å². The zero-order valence-corrected chi connectivity index (χ0v) is 10.1. The summed E-state index contributed by atoms with van der Waals surface area (Å²) in [7, 11) is 0. The van der Waals surface area contributed by atoms with Crippen molar-refractivity contribution in [3.8, 4) is 0 Å². The molecule has 0 spiro atoms. The molecule has 0 saturated carbocycles. The van der Waals surface area contributed by atoms with E-state index in [1.165, 1.54) is 18.2 Å². The van der Waals surface area contributed by atoms with Crippen LogP contribution in [0.2, 0.25) is 0 Å². The first-order chi connectivity index (χ1) is 8.10. The molecular formula is C12H17FN2O2. The van der Waals surface area contributed by atoms with Gasteiger partial charge in [-0.2, -0.15) is 0 Å². The number of hydrogen-bond donors (Lipinski definition) is 1. The van der Waals surface area contributed by atoms with E-state index in [1.807, 2.05) is 13.8 Å². The van der Waals surface area contributed by atoms with Crippen molar-refractivity contribution >= 4 is 11.4 Å². The number of hydrogen-bond acceptors (Lipinski definition) is 3. The highest BCUT2D eigenvalue weighted by atomic mass is 19.1. The number of anilines is 1. The number of nitrogens with one attached hydrogen (secondary N) is 1. The van der Waals surface area contributed by atoms with Crippen LogP contribution in [0.3, 0.4) is 0 Å². The number of rotatable bonds is 6. The van der Waals surface area contributed by atoms with E-state index in [1.54, 1.807) is 0 Å². The average molecular weight is 240 g/mol. The summed E-state index contributed by atoms with van der Waals surface area (Å²) in [5.41, 5.74) is -0.211. The number of nitro benzene ring substituents is 1. The molecule has 0 fully saturated rings. The Morgan fingerprint density at radius 2 is 2.18 bits per heavy atom.